The molecule has 3 rings (SSSR count). The number of anilines is 1. The molecule has 1 aromatic carbocycles. The van der Waals surface area contributed by atoms with Crippen molar-refractivity contribution < 1.29 is 9.15 Å². The summed E-state index contributed by atoms with van der Waals surface area (Å²) in [5, 5.41) is 10.1. The first-order valence-corrected chi connectivity index (χ1v) is 7.13. The fraction of sp³-hybridized carbons (Fsp3) is 0.375. The van der Waals surface area contributed by atoms with Gasteiger partial charge in [0.05, 0.1) is 12.3 Å². The minimum atomic E-state index is -0.583. The second-order valence-corrected chi connectivity index (χ2v) is 5.01. The van der Waals surface area contributed by atoms with Gasteiger partial charge in [-0.2, -0.15) is 5.26 Å². The van der Waals surface area contributed by atoms with E-state index in [0.29, 0.717) is 23.6 Å². The minimum absolute atomic E-state index is 0.0913. The lowest BCUT2D eigenvalue weighted by atomic mass is 10.1. The quantitative estimate of drug-likeness (QED) is 0.811. The monoisotopic (exact) mass is 284 g/mol. The van der Waals surface area contributed by atoms with Crippen LogP contribution >= 0.6 is 0 Å². The van der Waals surface area contributed by atoms with Crippen LogP contribution in [0, 0.1) is 11.3 Å². The molecule has 1 aliphatic heterocycles. The molecule has 0 spiro atoms. The lowest BCUT2D eigenvalue weighted by molar-refractivity contribution is 0.340. The molecule has 2 aromatic rings. The maximum atomic E-state index is 12.1. The molecule has 1 aliphatic rings. The molecular weight excluding hydrogens is 268 g/mol. The maximum Gasteiger partial charge on any atom is 0.356 e. The predicted molar refractivity (Wildman–Crippen MR) is 79.8 cm³/mol. The van der Waals surface area contributed by atoms with Crippen molar-refractivity contribution in [2.24, 2.45) is 0 Å². The van der Waals surface area contributed by atoms with Crippen LogP contribution in [0.4, 0.5) is 5.69 Å². The van der Waals surface area contributed by atoms with Crippen LogP contribution in [0.5, 0.6) is 5.75 Å². The largest absolute Gasteiger partial charge is 0.494 e. The number of hydrogen-bond acceptors (Lipinski definition) is 5. The molecule has 1 aromatic heterocycles. The van der Waals surface area contributed by atoms with Crippen molar-refractivity contribution in [3.8, 4) is 11.8 Å². The third-order valence-corrected chi connectivity index (χ3v) is 3.70. The Labute approximate surface area is 122 Å². The van der Waals surface area contributed by atoms with Crippen LogP contribution in [0.25, 0.3) is 11.0 Å². The van der Waals surface area contributed by atoms with Crippen molar-refractivity contribution in [1.29, 1.82) is 5.26 Å². The summed E-state index contributed by atoms with van der Waals surface area (Å²) in [6.45, 7) is 4.17. The Kier molecular flexibility index (Phi) is 3.53. The Morgan fingerprint density at radius 3 is 2.81 bits per heavy atom. The fourth-order valence-electron chi connectivity index (χ4n) is 2.79. The van der Waals surface area contributed by atoms with E-state index >= 15 is 0 Å². The Balaban J connectivity index is 2.26. The summed E-state index contributed by atoms with van der Waals surface area (Å²) >= 11 is 0. The van der Waals surface area contributed by atoms with E-state index in [1.165, 1.54) is 0 Å². The van der Waals surface area contributed by atoms with E-state index in [1.54, 1.807) is 6.07 Å². The standard InChI is InChI=1S/C16H16N2O3/c1-2-20-11-5-6-12-14(9-11)21-16(19)13(10-17)15(12)18-7-3-4-8-18/h5-6,9H,2-4,7-8H2,1H3. The van der Waals surface area contributed by atoms with Gasteiger partial charge in [-0.3, -0.25) is 0 Å². The summed E-state index contributed by atoms with van der Waals surface area (Å²) in [4.78, 5) is 14.1. The Hall–Kier alpha value is -2.48. The van der Waals surface area contributed by atoms with Crippen molar-refractivity contribution in [3.05, 3.63) is 34.2 Å². The molecule has 0 bridgehead atoms. The Bertz CT molecular complexity index is 767. The molecule has 21 heavy (non-hydrogen) atoms. The van der Waals surface area contributed by atoms with Crippen LogP contribution in [0.1, 0.15) is 25.3 Å². The van der Waals surface area contributed by atoms with Crippen LogP contribution in [0.3, 0.4) is 0 Å². The van der Waals surface area contributed by atoms with Crippen molar-refractivity contribution >= 4 is 16.7 Å². The van der Waals surface area contributed by atoms with Gasteiger partial charge >= 0.3 is 5.63 Å². The highest BCUT2D eigenvalue weighted by atomic mass is 16.5. The van der Waals surface area contributed by atoms with E-state index in [-0.39, 0.29) is 5.56 Å². The van der Waals surface area contributed by atoms with Crippen LogP contribution in [0.2, 0.25) is 0 Å². The summed E-state index contributed by atoms with van der Waals surface area (Å²) in [7, 11) is 0. The van der Waals surface area contributed by atoms with Gasteiger partial charge < -0.3 is 14.1 Å². The molecule has 0 radical (unpaired) electrons. The molecule has 0 atom stereocenters. The molecule has 5 heteroatoms. The third kappa shape index (κ3) is 2.33. The second kappa shape index (κ2) is 5.49. The highest BCUT2D eigenvalue weighted by molar-refractivity contribution is 5.94. The third-order valence-electron chi connectivity index (χ3n) is 3.70. The van der Waals surface area contributed by atoms with E-state index in [1.807, 2.05) is 25.1 Å². The van der Waals surface area contributed by atoms with Gasteiger partial charge in [-0.25, -0.2) is 4.79 Å². The molecular formula is C16H16N2O3. The lowest BCUT2D eigenvalue weighted by Gasteiger charge is -2.20. The van der Waals surface area contributed by atoms with E-state index in [4.69, 9.17) is 9.15 Å². The predicted octanol–water partition coefficient (Wildman–Crippen LogP) is 2.66. The Morgan fingerprint density at radius 1 is 1.38 bits per heavy atom. The van der Waals surface area contributed by atoms with Gasteiger partial charge in [0, 0.05) is 24.5 Å². The number of rotatable bonds is 3. The molecule has 108 valence electrons. The van der Waals surface area contributed by atoms with Crippen molar-refractivity contribution in [3.63, 3.8) is 0 Å². The Morgan fingerprint density at radius 2 is 2.14 bits per heavy atom. The summed E-state index contributed by atoms with van der Waals surface area (Å²) in [6, 6.07) is 7.40. The van der Waals surface area contributed by atoms with E-state index < -0.39 is 5.63 Å². The topological polar surface area (TPSA) is 66.5 Å². The second-order valence-electron chi connectivity index (χ2n) is 5.01. The molecule has 1 fully saturated rings. The van der Waals surface area contributed by atoms with E-state index in [0.717, 1.165) is 31.3 Å². The fourth-order valence-corrected chi connectivity index (χ4v) is 2.79. The van der Waals surface area contributed by atoms with Gasteiger partial charge in [-0.05, 0) is 31.9 Å². The highest BCUT2D eigenvalue weighted by Crippen LogP contribution is 2.32. The van der Waals surface area contributed by atoms with Crippen molar-refractivity contribution in [1.82, 2.24) is 0 Å². The molecule has 0 saturated carbocycles. The zero-order chi connectivity index (χ0) is 14.8. The van der Waals surface area contributed by atoms with Gasteiger partial charge in [-0.1, -0.05) is 0 Å². The van der Waals surface area contributed by atoms with Crippen molar-refractivity contribution in [2.45, 2.75) is 19.8 Å². The number of ether oxygens (including phenoxy) is 1. The number of nitrogens with zero attached hydrogens (tertiary/aromatic N) is 2. The molecule has 5 nitrogen and oxygen atoms in total. The van der Waals surface area contributed by atoms with Crippen LogP contribution in [-0.2, 0) is 0 Å². The average Bonchev–Trinajstić information content (AvgIpc) is 2.99. The van der Waals surface area contributed by atoms with Crippen LogP contribution in [0.15, 0.2) is 27.4 Å². The number of hydrogen-bond donors (Lipinski definition) is 0. The van der Waals surface area contributed by atoms with E-state index in [9.17, 15) is 10.1 Å². The molecule has 0 amide bonds. The average molecular weight is 284 g/mol. The van der Waals surface area contributed by atoms with Crippen molar-refractivity contribution in [2.75, 3.05) is 24.6 Å². The summed E-state index contributed by atoms with van der Waals surface area (Å²) in [5.74, 6) is 0.658. The zero-order valence-electron chi connectivity index (χ0n) is 11.9. The summed E-state index contributed by atoms with van der Waals surface area (Å²) in [6.07, 6.45) is 2.15. The van der Waals surface area contributed by atoms with Gasteiger partial charge in [0.2, 0.25) is 0 Å². The van der Waals surface area contributed by atoms with Gasteiger partial charge in [0.15, 0.2) is 5.56 Å². The minimum Gasteiger partial charge on any atom is -0.494 e. The molecule has 0 aliphatic carbocycles. The number of nitriles is 1. The summed E-state index contributed by atoms with van der Waals surface area (Å²) in [5.41, 5.74) is 0.672. The first-order valence-electron chi connectivity index (χ1n) is 7.13. The normalized spacial score (nSPS) is 14.4. The van der Waals surface area contributed by atoms with Crippen LogP contribution in [-0.4, -0.2) is 19.7 Å². The van der Waals surface area contributed by atoms with Crippen LogP contribution < -0.4 is 15.3 Å². The molecule has 1 saturated heterocycles. The first kappa shape index (κ1) is 13.5. The molecule has 0 N–H and O–H groups in total. The maximum absolute atomic E-state index is 12.1. The highest BCUT2D eigenvalue weighted by Gasteiger charge is 2.22. The van der Waals surface area contributed by atoms with Gasteiger partial charge in [0.1, 0.15) is 17.4 Å². The van der Waals surface area contributed by atoms with E-state index in [2.05, 4.69) is 4.90 Å². The van der Waals surface area contributed by atoms with Gasteiger partial charge in [0.25, 0.3) is 0 Å². The van der Waals surface area contributed by atoms with Gasteiger partial charge in [-0.15, -0.1) is 0 Å². The lowest BCUT2D eigenvalue weighted by Crippen LogP contribution is -2.22. The number of benzene rings is 1. The summed E-state index contributed by atoms with van der Waals surface area (Å²) < 4.78 is 10.7. The zero-order valence-corrected chi connectivity index (χ0v) is 11.9. The smallest absolute Gasteiger partial charge is 0.356 e. The molecule has 2 heterocycles. The number of fused-ring (bicyclic) bond motifs is 1. The first-order chi connectivity index (χ1) is 10.2. The SMILES string of the molecule is CCOc1ccc2c(N3CCCC3)c(C#N)c(=O)oc2c1. The molecule has 0 unspecified atom stereocenters.